The lowest BCUT2D eigenvalue weighted by molar-refractivity contribution is -0.149. The molecule has 0 aliphatic rings. The smallest absolute Gasteiger partial charge is 0.346 e. The Morgan fingerprint density at radius 1 is 0.966 bits per heavy atom. The van der Waals surface area contributed by atoms with Gasteiger partial charge in [0.15, 0.2) is 6.10 Å². The van der Waals surface area contributed by atoms with E-state index in [9.17, 15) is 18.0 Å². The van der Waals surface area contributed by atoms with Crippen molar-refractivity contribution < 1.29 is 27.5 Å². The van der Waals surface area contributed by atoms with Crippen molar-refractivity contribution in [1.29, 1.82) is 0 Å². The zero-order valence-corrected chi connectivity index (χ0v) is 18.1. The van der Waals surface area contributed by atoms with E-state index >= 15 is 0 Å². The maximum Gasteiger partial charge on any atom is 0.346 e. The molecule has 0 radical (unpaired) electrons. The summed E-state index contributed by atoms with van der Waals surface area (Å²) in [7, 11) is -2.68. The van der Waals surface area contributed by atoms with Crippen molar-refractivity contribution in [3.05, 3.63) is 58.1 Å². The number of methoxy groups -OCH3 is 1. The van der Waals surface area contributed by atoms with E-state index in [-0.39, 0.29) is 16.1 Å². The van der Waals surface area contributed by atoms with Crippen LogP contribution in [0, 0.1) is 27.7 Å². The van der Waals surface area contributed by atoms with Crippen molar-refractivity contribution in [2.45, 2.75) is 45.6 Å². The standard InChI is InChI=1S/C21H25NO6S/c1-12-9-14(3)19(15(4)10-12)29(25,26)22-18-11-17(8-7-13(18)2)21(24)28-16(5)20(23)27-6/h7-11,16,22H,1-6H3/t16-/m0/s1. The third-order valence-electron chi connectivity index (χ3n) is 4.41. The Labute approximate surface area is 171 Å². The molecular weight excluding hydrogens is 394 g/mol. The number of hydrogen-bond acceptors (Lipinski definition) is 6. The Bertz CT molecular complexity index is 1040. The molecule has 2 rings (SSSR count). The first-order valence-electron chi connectivity index (χ1n) is 8.96. The second-order valence-electron chi connectivity index (χ2n) is 6.93. The highest BCUT2D eigenvalue weighted by Crippen LogP contribution is 2.26. The van der Waals surface area contributed by atoms with E-state index in [0.29, 0.717) is 16.7 Å². The third kappa shape index (κ3) is 5.14. The monoisotopic (exact) mass is 419 g/mol. The van der Waals surface area contributed by atoms with E-state index in [1.54, 1.807) is 39.0 Å². The molecule has 0 heterocycles. The molecule has 0 amide bonds. The van der Waals surface area contributed by atoms with Gasteiger partial charge in [-0.2, -0.15) is 0 Å². The number of esters is 2. The SMILES string of the molecule is COC(=O)[C@H](C)OC(=O)c1ccc(C)c(NS(=O)(=O)c2c(C)cc(C)cc2C)c1. The molecule has 1 N–H and O–H groups in total. The van der Waals surface area contributed by atoms with Gasteiger partial charge in [0, 0.05) is 0 Å². The maximum absolute atomic E-state index is 13.0. The summed E-state index contributed by atoms with van der Waals surface area (Å²) in [6, 6.07) is 8.10. The summed E-state index contributed by atoms with van der Waals surface area (Å²) in [6.07, 6.45) is -1.08. The van der Waals surface area contributed by atoms with Gasteiger partial charge in [0.2, 0.25) is 0 Å². The Morgan fingerprint density at radius 2 is 1.55 bits per heavy atom. The van der Waals surface area contributed by atoms with Gasteiger partial charge in [-0.15, -0.1) is 0 Å². The van der Waals surface area contributed by atoms with Gasteiger partial charge in [0.25, 0.3) is 10.0 Å². The number of benzene rings is 2. The number of hydrogen-bond donors (Lipinski definition) is 1. The maximum atomic E-state index is 13.0. The lowest BCUT2D eigenvalue weighted by atomic mass is 10.1. The van der Waals surface area contributed by atoms with Gasteiger partial charge in [-0.25, -0.2) is 18.0 Å². The molecule has 2 aromatic rings. The predicted octanol–water partition coefficient (Wildman–Crippen LogP) is 3.44. The molecule has 0 fully saturated rings. The topological polar surface area (TPSA) is 98.8 Å². The number of anilines is 1. The first-order chi connectivity index (χ1) is 13.5. The summed E-state index contributed by atoms with van der Waals surface area (Å²) < 4.78 is 38.2. The molecule has 1 atom stereocenters. The summed E-state index contributed by atoms with van der Waals surface area (Å²) in [4.78, 5) is 24.0. The number of aryl methyl sites for hydroxylation is 4. The van der Waals surface area contributed by atoms with Crippen LogP contribution in [0.15, 0.2) is 35.2 Å². The zero-order valence-electron chi connectivity index (χ0n) is 17.3. The molecule has 7 nitrogen and oxygen atoms in total. The average molecular weight is 419 g/mol. The van der Waals surface area contributed by atoms with Crippen LogP contribution >= 0.6 is 0 Å². The fraction of sp³-hybridized carbons (Fsp3) is 0.333. The first kappa shape index (κ1) is 22.4. The molecule has 0 spiro atoms. The van der Waals surface area contributed by atoms with E-state index in [0.717, 1.165) is 5.56 Å². The fourth-order valence-corrected chi connectivity index (χ4v) is 4.67. The highest BCUT2D eigenvalue weighted by atomic mass is 32.2. The lowest BCUT2D eigenvalue weighted by Gasteiger charge is -2.16. The van der Waals surface area contributed by atoms with E-state index in [4.69, 9.17) is 4.74 Å². The lowest BCUT2D eigenvalue weighted by Crippen LogP contribution is -2.25. The number of sulfonamides is 1. The molecule has 0 aromatic heterocycles. The molecule has 0 aliphatic carbocycles. The molecule has 0 unspecified atom stereocenters. The minimum Gasteiger partial charge on any atom is -0.466 e. The fourth-order valence-electron chi connectivity index (χ4n) is 3.09. The summed E-state index contributed by atoms with van der Waals surface area (Å²) in [5, 5.41) is 0. The van der Waals surface area contributed by atoms with Crippen LogP contribution in [-0.2, 0) is 24.3 Å². The molecule has 0 aliphatic heterocycles. The van der Waals surface area contributed by atoms with Crippen molar-refractivity contribution in [1.82, 2.24) is 0 Å². The van der Waals surface area contributed by atoms with Crippen LogP contribution in [0.25, 0.3) is 0 Å². The van der Waals surface area contributed by atoms with E-state index in [2.05, 4.69) is 9.46 Å². The van der Waals surface area contributed by atoms with E-state index < -0.39 is 28.1 Å². The van der Waals surface area contributed by atoms with E-state index in [1.807, 2.05) is 6.92 Å². The number of nitrogens with one attached hydrogen (secondary N) is 1. The third-order valence-corrected chi connectivity index (χ3v) is 6.08. The van der Waals surface area contributed by atoms with Crippen molar-refractivity contribution in [2.75, 3.05) is 11.8 Å². The van der Waals surface area contributed by atoms with Gasteiger partial charge < -0.3 is 9.47 Å². The summed E-state index contributed by atoms with van der Waals surface area (Å²) in [5.74, 6) is -1.44. The quantitative estimate of drug-likeness (QED) is 0.720. The summed E-state index contributed by atoms with van der Waals surface area (Å²) in [6.45, 7) is 8.49. The number of ether oxygens (including phenoxy) is 2. The predicted molar refractivity (Wildman–Crippen MR) is 110 cm³/mol. The zero-order chi connectivity index (χ0) is 21.9. The molecule has 0 bridgehead atoms. The normalized spacial score (nSPS) is 12.2. The van der Waals surface area contributed by atoms with Gasteiger partial charge in [0.05, 0.1) is 23.3 Å². The highest BCUT2D eigenvalue weighted by Gasteiger charge is 2.23. The molecule has 156 valence electrons. The Hall–Kier alpha value is -2.87. The molecule has 0 saturated carbocycles. The number of carbonyl (C=O) groups excluding carboxylic acids is 2. The van der Waals surface area contributed by atoms with Crippen LogP contribution in [0.4, 0.5) is 5.69 Å². The highest BCUT2D eigenvalue weighted by molar-refractivity contribution is 7.92. The van der Waals surface area contributed by atoms with Gasteiger partial charge in [-0.1, -0.05) is 23.8 Å². The molecule has 8 heteroatoms. The first-order valence-corrected chi connectivity index (χ1v) is 10.4. The van der Waals surface area contributed by atoms with Crippen LogP contribution < -0.4 is 4.72 Å². The summed E-state index contributed by atoms with van der Waals surface area (Å²) >= 11 is 0. The van der Waals surface area contributed by atoms with Gasteiger partial charge in [0.1, 0.15) is 0 Å². The Kier molecular flexibility index (Phi) is 6.69. The average Bonchev–Trinajstić information content (AvgIpc) is 2.61. The number of rotatable bonds is 6. The minimum atomic E-state index is -3.87. The van der Waals surface area contributed by atoms with Crippen molar-refractivity contribution in [3.8, 4) is 0 Å². The van der Waals surface area contributed by atoms with E-state index in [1.165, 1.54) is 26.2 Å². The molecular formula is C21H25NO6S. The van der Waals surface area contributed by atoms with Gasteiger partial charge in [-0.05, 0) is 63.4 Å². The van der Waals surface area contributed by atoms with Crippen molar-refractivity contribution in [3.63, 3.8) is 0 Å². The van der Waals surface area contributed by atoms with Gasteiger partial charge in [-0.3, -0.25) is 4.72 Å². The van der Waals surface area contributed by atoms with Crippen LogP contribution in [0.5, 0.6) is 0 Å². The van der Waals surface area contributed by atoms with Crippen molar-refractivity contribution >= 4 is 27.6 Å². The van der Waals surface area contributed by atoms with Crippen LogP contribution in [0.1, 0.15) is 39.5 Å². The second kappa shape index (κ2) is 8.65. The van der Waals surface area contributed by atoms with Crippen LogP contribution in [0.3, 0.4) is 0 Å². The Morgan fingerprint density at radius 3 is 2.10 bits per heavy atom. The summed E-state index contributed by atoms with van der Waals surface area (Å²) in [5.41, 5.74) is 3.24. The van der Waals surface area contributed by atoms with Crippen LogP contribution in [-0.4, -0.2) is 33.6 Å². The largest absolute Gasteiger partial charge is 0.466 e. The molecule has 29 heavy (non-hydrogen) atoms. The number of carbonyl (C=O) groups is 2. The molecule has 2 aromatic carbocycles. The molecule has 0 saturated heterocycles. The van der Waals surface area contributed by atoms with Crippen molar-refractivity contribution in [2.24, 2.45) is 0 Å². The minimum absolute atomic E-state index is 0.112. The second-order valence-corrected chi connectivity index (χ2v) is 8.55. The van der Waals surface area contributed by atoms with Crippen LogP contribution in [0.2, 0.25) is 0 Å². The van der Waals surface area contributed by atoms with Gasteiger partial charge >= 0.3 is 11.9 Å². The Balaban J connectivity index is 2.36.